The van der Waals surface area contributed by atoms with Crippen molar-refractivity contribution in [3.05, 3.63) is 60.2 Å². The van der Waals surface area contributed by atoms with Crippen LogP contribution in [0.4, 0.5) is 5.69 Å². The first-order valence-electron chi connectivity index (χ1n) is 6.99. The molecule has 0 unspecified atom stereocenters. The van der Waals surface area contributed by atoms with Crippen LogP contribution in [0.5, 0.6) is 0 Å². The van der Waals surface area contributed by atoms with E-state index in [1.807, 2.05) is 30.3 Å². The summed E-state index contributed by atoms with van der Waals surface area (Å²) in [5.74, 6) is 0.513. The molecular formula is C17H18N2O2S. The molecule has 2 rings (SSSR count). The van der Waals surface area contributed by atoms with Crippen LogP contribution in [0, 0.1) is 0 Å². The van der Waals surface area contributed by atoms with E-state index in [0.717, 1.165) is 5.75 Å². The third-order valence-electron chi connectivity index (χ3n) is 2.84. The summed E-state index contributed by atoms with van der Waals surface area (Å²) in [5, 5.41) is 5.54. The molecular weight excluding hydrogens is 296 g/mol. The average molecular weight is 314 g/mol. The lowest BCUT2D eigenvalue weighted by molar-refractivity contribution is -0.114. The molecule has 0 fully saturated rings. The van der Waals surface area contributed by atoms with Gasteiger partial charge in [0.1, 0.15) is 0 Å². The fourth-order valence-corrected chi connectivity index (χ4v) is 2.68. The van der Waals surface area contributed by atoms with Crippen LogP contribution in [-0.4, -0.2) is 24.1 Å². The largest absolute Gasteiger partial charge is 0.351 e. The molecule has 22 heavy (non-hydrogen) atoms. The molecule has 0 radical (unpaired) electrons. The summed E-state index contributed by atoms with van der Waals surface area (Å²) < 4.78 is 0. The number of thioether (sulfide) groups is 1. The third-order valence-corrected chi connectivity index (χ3v) is 3.86. The highest BCUT2D eigenvalue weighted by atomic mass is 32.2. The molecule has 5 heteroatoms. The standard InChI is InChI=1S/C17H18N2O2S/c1-13(20)19-15-7-5-6-14(12-15)17(21)18-10-11-22-16-8-3-2-4-9-16/h2-9,12H,10-11H2,1H3,(H,18,21)(H,19,20). The molecule has 0 aliphatic rings. The monoisotopic (exact) mass is 314 g/mol. The number of carbonyl (C=O) groups excluding carboxylic acids is 2. The van der Waals surface area contributed by atoms with Crippen molar-refractivity contribution in [1.82, 2.24) is 5.32 Å². The van der Waals surface area contributed by atoms with Crippen molar-refractivity contribution in [3.8, 4) is 0 Å². The fourth-order valence-electron chi connectivity index (χ4n) is 1.89. The molecule has 0 atom stereocenters. The van der Waals surface area contributed by atoms with Gasteiger partial charge in [0.15, 0.2) is 0 Å². The lowest BCUT2D eigenvalue weighted by Crippen LogP contribution is -2.25. The molecule has 0 spiro atoms. The molecule has 0 saturated carbocycles. The van der Waals surface area contributed by atoms with Crippen molar-refractivity contribution in [2.24, 2.45) is 0 Å². The Bertz CT molecular complexity index is 644. The molecule has 4 nitrogen and oxygen atoms in total. The van der Waals surface area contributed by atoms with Gasteiger partial charge < -0.3 is 10.6 Å². The Kier molecular flexibility index (Phi) is 6.03. The summed E-state index contributed by atoms with van der Waals surface area (Å²) in [6, 6.07) is 17.0. The summed E-state index contributed by atoms with van der Waals surface area (Å²) in [4.78, 5) is 24.3. The van der Waals surface area contributed by atoms with E-state index in [0.29, 0.717) is 17.8 Å². The number of carbonyl (C=O) groups is 2. The number of nitrogens with one attached hydrogen (secondary N) is 2. The van der Waals surface area contributed by atoms with E-state index in [-0.39, 0.29) is 11.8 Å². The van der Waals surface area contributed by atoms with E-state index >= 15 is 0 Å². The van der Waals surface area contributed by atoms with Crippen molar-refractivity contribution in [2.45, 2.75) is 11.8 Å². The second-order valence-corrected chi connectivity index (χ2v) is 5.85. The van der Waals surface area contributed by atoms with E-state index < -0.39 is 0 Å². The molecule has 0 aliphatic carbocycles. The van der Waals surface area contributed by atoms with Crippen LogP contribution in [0.15, 0.2) is 59.5 Å². The molecule has 114 valence electrons. The molecule has 2 N–H and O–H groups in total. The van der Waals surface area contributed by atoms with Gasteiger partial charge in [-0.25, -0.2) is 0 Å². The quantitative estimate of drug-likeness (QED) is 0.636. The van der Waals surface area contributed by atoms with Gasteiger partial charge in [0.05, 0.1) is 0 Å². The van der Waals surface area contributed by atoms with Crippen LogP contribution in [0.25, 0.3) is 0 Å². The maximum absolute atomic E-state index is 12.1. The van der Waals surface area contributed by atoms with Crippen LogP contribution in [0.2, 0.25) is 0 Å². The highest BCUT2D eigenvalue weighted by molar-refractivity contribution is 7.99. The Balaban J connectivity index is 1.81. The first kappa shape index (κ1) is 16.1. The Morgan fingerprint density at radius 3 is 2.55 bits per heavy atom. The van der Waals surface area contributed by atoms with Crippen LogP contribution in [0.1, 0.15) is 17.3 Å². The van der Waals surface area contributed by atoms with Gasteiger partial charge >= 0.3 is 0 Å². The van der Waals surface area contributed by atoms with Crippen molar-refractivity contribution < 1.29 is 9.59 Å². The predicted octanol–water partition coefficient (Wildman–Crippen LogP) is 3.17. The number of hydrogen-bond acceptors (Lipinski definition) is 3. The molecule has 2 aromatic rings. The Morgan fingerprint density at radius 1 is 1.05 bits per heavy atom. The number of amides is 2. The highest BCUT2D eigenvalue weighted by Crippen LogP contribution is 2.16. The maximum Gasteiger partial charge on any atom is 0.251 e. The van der Waals surface area contributed by atoms with Gasteiger partial charge in [-0.3, -0.25) is 9.59 Å². The highest BCUT2D eigenvalue weighted by Gasteiger charge is 2.06. The summed E-state index contributed by atoms with van der Waals surface area (Å²) in [7, 11) is 0. The van der Waals surface area contributed by atoms with E-state index in [2.05, 4.69) is 10.6 Å². The van der Waals surface area contributed by atoms with Gasteiger partial charge in [-0.15, -0.1) is 11.8 Å². The first-order chi connectivity index (χ1) is 10.6. The Morgan fingerprint density at radius 2 is 1.82 bits per heavy atom. The first-order valence-corrected chi connectivity index (χ1v) is 7.97. The average Bonchev–Trinajstić information content (AvgIpc) is 2.52. The van der Waals surface area contributed by atoms with E-state index in [9.17, 15) is 9.59 Å². The number of benzene rings is 2. The van der Waals surface area contributed by atoms with Crippen LogP contribution >= 0.6 is 11.8 Å². The predicted molar refractivity (Wildman–Crippen MR) is 90.2 cm³/mol. The van der Waals surface area contributed by atoms with Crippen LogP contribution in [-0.2, 0) is 4.79 Å². The fraction of sp³-hybridized carbons (Fsp3) is 0.176. The summed E-state index contributed by atoms with van der Waals surface area (Å²) in [6.07, 6.45) is 0. The topological polar surface area (TPSA) is 58.2 Å². The Hall–Kier alpha value is -2.27. The van der Waals surface area contributed by atoms with Crippen molar-refractivity contribution in [1.29, 1.82) is 0 Å². The zero-order chi connectivity index (χ0) is 15.8. The van der Waals surface area contributed by atoms with Gasteiger partial charge in [0.2, 0.25) is 5.91 Å². The van der Waals surface area contributed by atoms with Crippen molar-refractivity contribution in [3.63, 3.8) is 0 Å². The molecule has 0 aliphatic heterocycles. The van der Waals surface area contributed by atoms with Crippen LogP contribution < -0.4 is 10.6 Å². The summed E-state index contributed by atoms with van der Waals surface area (Å²) in [6.45, 7) is 2.02. The molecule has 2 aromatic carbocycles. The SMILES string of the molecule is CC(=O)Nc1cccc(C(=O)NCCSc2ccccc2)c1. The molecule has 0 saturated heterocycles. The van der Waals surface area contributed by atoms with Gasteiger partial charge in [-0.1, -0.05) is 24.3 Å². The smallest absolute Gasteiger partial charge is 0.251 e. The maximum atomic E-state index is 12.1. The summed E-state index contributed by atoms with van der Waals surface area (Å²) >= 11 is 1.70. The minimum absolute atomic E-state index is 0.138. The Labute approximate surface area is 134 Å². The van der Waals surface area contributed by atoms with Gasteiger partial charge in [0, 0.05) is 35.4 Å². The zero-order valence-electron chi connectivity index (χ0n) is 12.3. The third kappa shape index (κ3) is 5.26. The number of anilines is 1. The molecule has 0 heterocycles. The lowest BCUT2D eigenvalue weighted by Gasteiger charge is -2.07. The minimum Gasteiger partial charge on any atom is -0.351 e. The van der Waals surface area contributed by atoms with Crippen molar-refractivity contribution in [2.75, 3.05) is 17.6 Å². The normalized spacial score (nSPS) is 10.0. The second kappa shape index (κ2) is 8.24. The second-order valence-electron chi connectivity index (χ2n) is 4.68. The minimum atomic E-state index is -0.156. The van der Waals surface area contributed by atoms with E-state index in [1.54, 1.807) is 36.0 Å². The van der Waals surface area contributed by atoms with Gasteiger partial charge in [-0.2, -0.15) is 0 Å². The molecule has 0 aromatic heterocycles. The van der Waals surface area contributed by atoms with Gasteiger partial charge in [-0.05, 0) is 30.3 Å². The summed E-state index contributed by atoms with van der Waals surface area (Å²) in [5.41, 5.74) is 1.16. The number of rotatable bonds is 6. The molecule has 0 bridgehead atoms. The van der Waals surface area contributed by atoms with Gasteiger partial charge in [0.25, 0.3) is 5.91 Å². The van der Waals surface area contributed by atoms with Crippen molar-refractivity contribution >= 4 is 29.3 Å². The lowest BCUT2D eigenvalue weighted by atomic mass is 10.2. The van der Waals surface area contributed by atoms with E-state index in [1.165, 1.54) is 11.8 Å². The van der Waals surface area contributed by atoms with Crippen LogP contribution in [0.3, 0.4) is 0 Å². The molecule has 2 amide bonds. The zero-order valence-corrected chi connectivity index (χ0v) is 13.2. The number of hydrogen-bond donors (Lipinski definition) is 2. The van der Waals surface area contributed by atoms with E-state index in [4.69, 9.17) is 0 Å².